The van der Waals surface area contributed by atoms with Gasteiger partial charge >= 0.3 is 0 Å². The van der Waals surface area contributed by atoms with Crippen molar-refractivity contribution in [2.24, 2.45) is 0 Å². The summed E-state index contributed by atoms with van der Waals surface area (Å²) in [5.41, 5.74) is 16.2. The van der Waals surface area contributed by atoms with E-state index in [-0.39, 0.29) is 0 Å². The maximum atomic E-state index is 5.36. The van der Waals surface area contributed by atoms with Crippen LogP contribution >= 0.6 is 0 Å². The van der Waals surface area contributed by atoms with Gasteiger partial charge in [0.1, 0.15) is 0 Å². The van der Waals surface area contributed by atoms with Crippen LogP contribution in [-0.2, 0) is 0 Å². The summed E-state index contributed by atoms with van der Waals surface area (Å²) in [6.07, 6.45) is 0. The number of rotatable bonds is 4. The molecule has 0 amide bonds. The normalized spacial score (nSPS) is 12.3. The lowest BCUT2D eigenvalue weighted by Gasteiger charge is -2.13. The van der Waals surface area contributed by atoms with Gasteiger partial charge < -0.3 is 13.5 Å². The van der Waals surface area contributed by atoms with Gasteiger partial charge in [-0.15, -0.1) is 0 Å². The summed E-state index contributed by atoms with van der Waals surface area (Å²) in [5.74, 6) is 0. The summed E-state index contributed by atoms with van der Waals surface area (Å²) in [5, 5.41) is 12.6. The molecule has 0 radical (unpaired) electrons. The van der Waals surface area contributed by atoms with Crippen molar-refractivity contribution in [3.63, 3.8) is 0 Å². The van der Waals surface area contributed by atoms with Crippen LogP contribution in [0, 0.1) is 0 Å². The van der Waals surface area contributed by atoms with E-state index < -0.39 is 0 Å². The van der Waals surface area contributed by atoms with Crippen molar-refractivity contribution in [2.75, 3.05) is 0 Å². The topological polar surface area (TPSA) is 40.0 Å². The fraction of sp³-hybridized carbons (Fsp3) is 0. The van der Waals surface area contributed by atoms with E-state index in [4.69, 9.17) is 9.97 Å². The summed E-state index contributed by atoms with van der Waals surface area (Å²) in [6.45, 7) is 0. The molecule has 5 heterocycles. The molecule has 0 saturated carbocycles. The van der Waals surface area contributed by atoms with Gasteiger partial charge in [-0.05, 0) is 89.6 Å². The quantitative estimate of drug-likeness (QED) is 0.177. The Morgan fingerprint density at radius 3 is 1.58 bits per heavy atom. The molecule has 65 heavy (non-hydrogen) atoms. The second-order valence-corrected chi connectivity index (χ2v) is 17.3. The SMILES string of the molecule is c1ccc(-n2c3ccccc3c3cc(-c4nc5ccccc5nc4-c4ccc(-n5c6ccccc6c6c7c8c9ccccc9ccc8n8c9ccccc9c(cc65)c78)cc4)ccc32)cc1. The third-order valence-electron chi connectivity index (χ3n) is 13.9. The Balaban J connectivity index is 0.961. The summed E-state index contributed by atoms with van der Waals surface area (Å²) >= 11 is 0. The van der Waals surface area contributed by atoms with E-state index in [0.717, 1.165) is 50.4 Å². The second-order valence-electron chi connectivity index (χ2n) is 17.3. The van der Waals surface area contributed by atoms with E-state index in [2.05, 4.69) is 214 Å². The number of benzene rings is 10. The Bertz CT molecular complexity index is 4460. The Morgan fingerprint density at radius 1 is 0.292 bits per heavy atom. The molecule has 0 aliphatic carbocycles. The molecular weight excluding hydrogens is 791 g/mol. The molecule has 5 heteroatoms. The van der Waals surface area contributed by atoms with Gasteiger partial charge in [0.2, 0.25) is 0 Å². The number of hydrogen-bond acceptors (Lipinski definition) is 2. The molecule has 15 rings (SSSR count). The van der Waals surface area contributed by atoms with Crippen molar-refractivity contribution in [3.05, 3.63) is 212 Å². The van der Waals surface area contributed by atoms with Crippen molar-refractivity contribution < 1.29 is 0 Å². The molecule has 0 N–H and O–H groups in total. The van der Waals surface area contributed by atoms with E-state index in [9.17, 15) is 0 Å². The molecule has 0 bridgehead atoms. The molecule has 5 nitrogen and oxygen atoms in total. The summed E-state index contributed by atoms with van der Waals surface area (Å²) < 4.78 is 7.32. The lowest BCUT2D eigenvalue weighted by atomic mass is 9.98. The van der Waals surface area contributed by atoms with E-state index in [0.29, 0.717) is 0 Å². The number of nitrogens with zero attached hydrogens (tertiary/aromatic N) is 5. The molecule has 0 aliphatic rings. The van der Waals surface area contributed by atoms with Crippen LogP contribution in [0.5, 0.6) is 0 Å². The van der Waals surface area contributed by atoms with Crippen LogP contribution in [-0.4, -0.2) is 23.5 Å². The molecule has 0 spiro atoms. The van der Waals surface area contributed by atoms with Gasteiger partial charge in [0.25, 0.3) is 0 Å². The van der Waals surface area contributed by atoms with Gasteiger partial charge in [0.15, 0.2) is 0 Å². The van der Waals surface area contributed by atoms with Crippen LogP contribution in [0.25, 0.3) is 137 Å². The van der Waals surface area contributed by atoms with Gasteiger partial charge in [-0.3, -0.25) is 0 Å². The van der Waals surface area contributed by atoms with Crippen LogP contribution in [0.1, 0.15) is 0 Å². The molecule has 0 fully saturated rings. The lowest BCUT2D eigenvalue weighted by Crippen LogP contribution is -1.97. The number of hydrogen-bond donors (Lipinski definition) is 0. The molecule has 300 valence electrons. The minimum Gasteiger partial charge on any atom is -0.309 e. The zero-order chi connectivity index (χ0) is 42.3. The van der Waals surface area contributed by atoms with E-state index in [1.807, 2.05) is 12.1 Å². The van der Waals surface area contributed by atoms with Gasteiger partial charge in [-0.2, -0.15) is 0 Å². The van der Waals surface area contributed by atoms with Crippen molar-refractivity contribution in [1.29, 1.82) is 0 Å². The molecule has 10 aromatic carbocycles. The van der Waals surface area contributed by atoms with E-state index >= 15 is 0 Å². The van der Waals surface area contributed by atoms with Crippen molar-refractivity contribution in [2.45, 2.75) is 0 Å². The maximum Gasteiger partial charge on any atom is 0.0973 e. The molecule has 0 aliphatic heterocycles. The Labute approximate surface area is 371 Å². The van der Waals surface area contributed by atoms with Gasteiger partial charge in [0.05, 0.1) is 61.0 Å². The Kier molecular flexibility index (Phi) is 6.89. The van der Waals surface area contributed by atoms with Crippen LogP contribution in [0.2, 0.25) is 0 Å². The number of para-hydroxylation sites is 6. The Morgan fingerprint density at radius 2 is 0.815 bits per heavy atom. The fourth-order valence-corrected chi connectivity index (χ4v) is 11.2. The average molecular weight is 826 g/mol. The third-order valence-corrected chi connectivity index (χ3v) is 13.9. The lowest BCUT2D eigenvalue weighted by molar-refractivity contribution is 1.18. The van der Waals surface area contributed by atoms with Crippen LogP contribution in [0.3, 0.4) is 0 Å². The predicted octanol–water partition coefficient (Wildman–Crippen LogP) is 15.5. The first kappa shape index (κ1) is 34.7. The summed E-state index contributed by atoms with van der Waals surface area (Å²) in [4.78, 5) is 10.7. The van der Waals surface area contributed by atoms with Gasteiger partial charge in [0, 0.05) is 65.6 Å². The smallest absolute Gasteiger partial charge is 0.0973 e. The zero-order valence-electron chi connectivity index (χ0n) is 34.9. The molecule has 15 aromatic rings. The average Bonchev–Trinajstić information content (AvgIpc) is 4.10. The van der Waals surface area contributed by atoms with Gasteiger partial charge in [-0.1, -0.05) is 133 Å². The summed E-state index contributed by atoms with van der Waals surface area (Å²) in [6, 6.07) is 76.8. The molecular formula is C60H35N5. The monoisotopic (exact) mass is 825 g/mol. The first-order chi connectivity index (χ1) is 32.3. The maximum absolute atomic E-state index is 5.36. The second kappa shape index (κ2) is 12.9. The molecule has 0 atom stereocenters. The number of aromatic nitrogens is 5. The van der Waals surface area contributed by atoms with Crippen molar-refractivity contribution in [3.8, 4) is 33.9 Å². The summed E-state index contributed by atoms with van der Waals surface area (Å²) in [7, 11) is 0. The van der Waals surface area contributed by atoms with Crippen LogP contribution < -0.4 is 0 Å². The highest BCUT2D eigenvalue weighted by molar-refractivity contribution is 6.38. The van der Waals surface area contributed by atoms with Crippen molar-refractivity contribution >= 4 is 104 Å². The Hall–Kier alpha value is -8.80. The fourth-order valence-electron chi connectivity index (χ4n) is 11.2. The molecule has 0 saturated heterocycles. The molecule has 0 unspecified atom stereocenters. The minimum absolute atomic E-state index is 0.856. The van der Waals surface area contributed by atoms with Crippen molar-refractivity contribution in [1.82, 2.24) is 23.5 Å². The highest BCUT2D eigenvalue weighted by Gasteiger charge is 2.25. The molecule has 5 aromatic heterocycles. The zero-order valence-corrected chi connectivity index (χ0v) is 34.9. The minimum atomic E-state index is 0.856. The third kappa shape index (κ3) is 4.71. The largest absolute Gasteiger partial charge is 0.309 e. The first-order valence-electron chi connectivity index (χ1n) is 22.3. The highest BCUT2D eigenvalue weighted by Crippen LogP contribution is 2.48. The van der Waals surface area contributed by atoms with Crippen LogP contribution in [0.4, 0.5) is 0 Å². The highest BCUT2D eigenvalue weighted by atomic mass is 15.0. The van der Waals surface area contributed by atoms with E-state index in [1.165, 1.54) is 87.0 Å². The predicted molar refractivity (Wildman–Crippen MR) is 271 cm³/mol. The first-order valence-corrected chi connectivity index (χ1v) is 22.3. The van der Waals surface area contributed by atoms with E-state index in [1.54, 1.807) is 0 Å². The standard InChI is InChI=1S/C60H35N5/c1-2-15-39(16-3-1)63-49-23-11-6-18-42(49)45-34-38(29-32-52(45)63)59-58(61-47-21-9-10-22-48(47)62-59)37-26-30-40(31-27-37)64-51-25-13-8-20-44(51)56-54(64)35-46-43-19-7-12-24-50(43)65-53-33-28-36-14-4-5-17-41(36)55(53)57(56)60(46)65/h1-35H. The number of fused-ring (bicyclic) bond motifs is 16. The van der Waals surface area contributed by atoms with Gasteiger partial charge in [-0.25, -0.2) is 9.97 Å². The van der Waals surface area contributed by atoms with Crippen LogP contribution in [0.15, 0.2) is 212 Å².